The molecule has 0 saturated heterocycles. The van der Waals surface area contributed by atoms with Gasteiger partial charge < -0.3 is 15.4 Å². The summed E-state index contributed by atoms with van der Waals surface area (Å²) in [7, 11) is -2.38. The standard InChI is InChI=1S/C27H21ClN4O6S/c1-38-26-13-18(5-11-25(26)32(34)35)17-4-9-21-23(12-17)29-24-14-20(8-10-22(24)30-27(21)33)31-39(36,37)15-16-2-6-19(28)7-3-16/h2-14,29,31H,15H2,1H3,(H,30,33). The first-order valence-electron chi connectivity index (χ1n) is 11.6. The minimum absolute atomic E-state index is 0.110. The lowest BCUT2D eigenvalue weighted by molar-refractivity contribution is -0.385. The molecule has 4 aromatic rings. The third-order valence-corrected chi connectivity index (χ3v) is 7.57. The SMILES string of the molecule is COc1cc(-c2ccc3c(c2)Nc2cc(NS(=O)(=O)Cc4ccc(Cl)cc4)ccc2NC3=O)ccc1[N+](=O)[O-]. The number of carbonyl (C=O) groups is 1. The molecule has 0 aromatic heterocycles. The molecule has 0 radical (unpaired) electrons. The van der Waals surface area contributed by atoms with E-state index in [0.717, 1.165) is 0 Å². The highest BCUT2D eigenvalue weighted by atomic mass is 35.5. The number of amides is 1. The fourth-order valence-corrected chi connectivity index (χ4v) is 5.52. The Hall–Kier alpha value is -4.61. The molecule has 0 unspecified atom stereocenters. The fraction of sp³-hybridized carbons (Fsp3) is 0.0741. The lowest BCUT2D eigenvalue weighted by Crippen LogP contribution is -2.15. The number of nitrogens with one attached hydrogen (secondary N) is 3. The zero-order valence-corrected chi connectivity index (χ0v) is 22.0. The Balaban J connectivity index is 1.44. The van der Waals surface area contributed by atoms with E-state index in [1.54, 1.807) is 72.8 Å². The molecule has 1 aliphatic rings. The third kappa shape index (κ3) is 5.64. The van der Waals surface area contributed by atoms with E-state index in [9.17, 15) is 23.3 Å². The van der Waals surface area contributed by atoms with Crippen LogP contribution in [0.3, 0.4) is 0 Å². The largest absolute Gasteiger partial charge is 0.490 e. The molecular formula is C27H21ClN4O6S. The molecule has 0 bridgehead atoms. The molecule has 10 nitrogen and oxygen atoms in total. The van der Waals surface area contributed by atoms with Gasteiger partial charge in [0.15, 0.2) is 5.75 Å². The number of rotatable bonds is 7. The Morgan fingerprint density at radius 3 is 2.33 bits per heavy atom. The number of nitro benzene ring substituents is 1. The van der Waals surface area contributed by atoms with E-state index >= 15 is 0 Å². The fourth-order valence-electron chi connectivity index (χ4n) is 4.20. The second kappa shape index (κ2) is 10.3. The van der Waals surface area contributed by atoms with Crippen LogP contribution in [0.15, 0.2) is 78.9 Å². The maximum absolute atomic E-state index is 12.9. The second-order valence-electron chi connectivity index (χ2n) is 8.73. The van der Waals surface area contributed by atoms with Gasteiger partial charge in [-0.1, -0.05) is 29.8 Å². The summed E-state index contributed by atoms with van der Waals surface area (Å²) in [5.41, 5.74) is 3.86. The van der Waals surface area contributed by atoms with Crippen LogP contribution in [0.4, 0.5) is 28.4 Å². The molecule has 4 aromatic carbocycles. The summed E-state index contributed by atoms with van der Waals surface area (Å²) < 4.78 is 33.3. The molecule has 3 N–H and O–H groups in total. The molecule has 5 rings (SSSR count). The van der Waals surface area contributed by atoms with E-state index < -0.39 is 14.9 Å². The van der Waals surface area contributed by atoms with Crippen LogP contribution in [0.2, 0.25) is 5.02 Å². The summed E-state index contributed by atoms with van der Waals surface area (Å²) in [6.07, 6.45) is 0. The molecule has 0 spiro atoms. The number of nitro groups is 1. The molecule has 1 aliphatic heterocycles. The molecule has 1 heterocycles. The normalized spacial score (nSPS) is 12.3. The van der Waals surface area contributed by atoms with Crippen LogP contribution < -0.4 is 20.1 Å². The lowest BCUT2D eigenvalue weighted by atomic mass is 10.0. The molecule has 1 amide bonds. The number of sulfonamides is 1. The van der Waals surface area contributed by atoms with Crippen molar-refractivity contribution in [3.05, 3.63) is 105 Å². The number of carbonyl (C=O) groups excluding carboxylic acids is 1. The number of fused-ring (bicyclic) bond motifs is 2. The van der Waals surface area contributed by atoms with Crippen molar-refractivity contribution in [2.45, 2.75) is 5.75 Å². The number of benzene rings is 4. The van der Waals surface area contributed by atoms with Crippen LogP contribution in [0.25, 0.3) is 11.1 Å². The smallest absolute Gasteiger partial charge is 0.310 e. The summed E-state index contributed by atoms with van der Waals surface area (Å²) in [5.74, 6) is -0.477. The number of halogens is 1. The molecule has 0 fully saturated rings. The molecular weight excluding hydrogens is 544 g/mol. The van der Waals surface area contributed by atoms with Gasteiger partial charge in [0.1, 0.15) is 0 Å². The maximum Gasteiger partial charge on any atom is 0.310 e. The number of methoxy groups -OCH3 is 1. The molecule has 0 aliphatic carbocycles. The van der Waals surface area contributed by atoms with Gasteiger partial charge in [-0.25, -0.2) is 8.42 Å². The highest BCUT2D eigenvalue weighted by Gasteiger charge is 2.22. The zero-order valence-electron chi connectivity index (χ0n) is 20.4. The lowest BCUT2D eigenvalue weighted by Gasteiger charge is -2.14. The average molecular weight is 565 g/mol. The van der Waals surface area contributed by atoms with Gasteiger partial charge in [0, 0.05) is 11.1 Å². The number of ether oxygens (including phenoxy) is 1. The van der Waals surface area contributed by atoms with Gasteiger partial charge in [-0.3, -0.25) is 19.6 Å². The maximum atomic E-state index is 12.9. The van der Waals surface area contributed by atoms with Crippen molar-refractivity contribution in [1.82, 2.24) is 0 Å². The first-order chi connectivity index (χ1) is 18.6. The summed E-state index contributed by atoms with van der Waals surface area (Å²) in [6.45, 7) is 0. The minimum atomic E-state index is -3.73. The van der Waals surface area contributed by atoms with Crippen LogP contribution in [-0.2, 0) is 15.8 Å². The highest BCUT2D eigenvalue weighted by Crippen LogP contribution is 2.38. The van der Waals surface area contributed by atoms with Crippen molar-refractivity contribution >= 4 is 56.0 Å². The number of hydrogen-bond acceptors (Lipinski definition) is 7. The monoisotopic (exact) mass is 564 g/mol. The van der Waals surface area contributed by atoms with Crippen LogP contribution >= 0.6 is 11.6 Å². The Bertz CT molecular complexity index is 1730. The van der Waals surface area contributed by atoms with Crippen molar-refractivity contribution in [2.24, 2.45) is 0 Å². The number of nitrogens with zero attached hydrogens (tertiary/aromatic N) is 1. The quantitative estimate of drug-likeness (QED) is 0.180. The highest BCUT2D eigenvalue weighted by molar-refractivity contribution is 7.91. The number of anilines is 4. The van der Waals surface area contributed by atoms with Crippen LogP contribution in [0.1, 0.15) is 15.9 Å². The summed E-state index contributed by atoms with van der Waals surface area (Å²) >= 11 is 5.88. The van der Waals surface area contributed by atoms with Gasteiger partial charge in [-0.2, -0.15) is 0 Å². The predicted octanol–water partition coefficient (Wildman–Crippen LogP) is 6.18. The van der Waals surface area contributed by atoms with Crippen molar-refractivity contribution in [1.29, 1.82) is 0 Å². The van der Waals surface area contributed by atoms with E-state index in [2.05, 4.69) is 15.4 Å². The van der Waals surface area contributed by atoms with E-state index in [0.29, 0.717) is 50.0 Å². The van der Waals surface area contributed by atoms with E-state index in [4.69, 9.17) is 16.3 Å². The zero-order chi connectivity index (χ0) is 27.7. The molecule has 0 atom stereocenters. The van der Waals surface area contributed by atoms with Gasteiger partial charge in [0.05, 0.1) is 46.1 Å². The van der Waals surface area contributed by atoms with Crippen molar-refractivity contribution in [3.8, 4) is 16.9 Å². The Labute approximate surface area is 228 Å². The Kier molecular flexibility index (Phi) is 6.85. The van der Waals surface area contributed by atoms with Gasteiger partial charge in [0.2, 0.25) is 10.0 Å². The Morgan fingerprint density at radius 2 is 1.62 bits per heavy atom. The predicted molar refractivity (Wildman–Crippen MR) is 150 cm³/mol. The average Bonchev–Trinajstić information content (AvgIpc) is 3.04. The van der Waals surface area contributed by atoms with Crippen molar-refractivity contribution < 1.29 is 22.9 Å². The summed E-state index contributed by atoms with van der Waals surface area (Å²) in [4.78, 5) is 23.6. The molecule has 0 saturated carbocycles. The van der Waals surface area contributed by atoms with E-state index in [1.807, 2.05) is 0 Å². The first-order valence-corrected chi connectivity index (χ1v) is 13.6. The second-order valence-corrected chi connectivity index (χ2v) is 10.9. The van der Waals surface area contributed by atoms with Gasteiger partial charge in [-0.05, 0) is 71.3 Å². The van der Waals surface area contributed by atoms with Crippen molar-refractivity contribution in [2.75, 3.05) is 22.5 Å². The molecule has 12 heteroatoms. The molecule has 39 heavy (non-hydrogen) atoms. The van der Waals surface area contributed by atoms with E-state index in [1.165, 1.54) is 13.2 Å². The topological polar surface area (TPSA) is 140 Å². The van der Waals surface area contributed by atoms with Crippen LogP contribution in [-0.4, -0.2) is 26.4 Å². The van der Waals surface area contributed by atoms with Gasteiger partial charge in [-0.15, -0.1) is 0 Å². The summed E-state index contributed by atoms with van der Waals surface area (Å²) in [5, 5.41) is 17.8. The third-order valence-electron chi connectivity index (χ3n) is 6.05. The van der Waals surface area contributed by atoms with Crippen LogP contribution in [0.5, 0.6) is 5.75 Å². The van der Waals surface area contributed by atoms with Crippen LogP contribution in [0, 0.1) is 10.1 Å². The summed E-state index contributed by atoms with van der Waals surface area (Å²) in [6, 6.07) is 20.9. The molecule has 198 valence electrons. The van der Waals surface area contributed by atoms with Crippen molar-refractivity contribution in [3.63, 3.8) is 0 Å². The first kappa shape index (κ1) is 26.0. The number of hydrogen-bond donors (Lipinski definition) is 3. The van der Waals surface area contributed by atoms with E-state index in [-0.39, 0.29) is 23.1 Å². The minimum Gasteiger partial charge on any atom is -0.490 e. The Morgan fingerprint density at radius 1 is 0.897 bits per heavy atom. The van der Waals surface area contributed by atoms with Gasteiger partial charge in [0.25, 0.3) is 5.91 Å². The van der Waals surface area contributed by atoms with Gasteiger partial charge >= 0.3 is 5.69 Å².